The van der Waals surface area contributed by atoms with Gasteiger partial charge in [-0.3, -0.25) is 14.9 Å². The van der Waals surface area contributed by atoms with Gasteiger partial charge in [-0.05, 0) is 18.4 Å². The highest BCUT2D eigenvalue weighted by Gasteiger charge is 2.14. The van der Waals surface area contributed by atoms with Crippen LogP contribution in [0.2, 0.25) is 0 Å². The molecule has 0 spiro atoms. The first-order valence-corrected chi connectivity index (χ1v) is 5.28. The summed E-state index contributed by atoms with van der Waals surface area (Å²) in [7, 11) is 0. The number of rotatable bonds is 3. The first-order valence-electron chi connectivity index (χ1n) is 4.05. The lowest BCUT2D eigenvalue weighted by atomic mass is 10.3. The number of nitro benzene ring substituents is 1. The SMILES string of the molecule is CSc1ccc(OC(C)=O)cc1[N+](=O)[O-]. The summed E-state index contributed by atoms with van der Waals surface area (Å²) in [5.74, 6) is -0.312. The van der Waals surface area contributed by atoms with Crippen LogP contribution >= 0.6 is 11.8 Å². The first kappa shape index (κ1) is 11.5. The van der Waals surface area contributed by atoms with Gasteiger partial charge in [-0.25, -0.2) is 0 Å². The molecule has 15 heavy (non-hydrogen) atoms. The second kappa shape index (κ2) is 4.79. The molecule has 0 unspecified atom stereocenters. The van der Waals surface area contributed by atoms with Crippen molar-refractivity contribution >= 4 is 23.4 Å². The fraction of sp³-hybridized carbons (Fsp3) is 0.222. The molecule has 0 amide bonds. The van der Waals surface area contributed by atoms with E-state index in [9.17, 15) is 14.9 Å². The van der Waals surface area contributed by atoms with Crippen molar-refractivity contribution < 1.29 is 14.5 Å². The highest BCUT2D eigenvalue weighted by Crippen LogP contribution is 2.30. The van der Waals surface area contributed by atoms with Crippen LogP contribution in [0.4, 0.5) is 5.69 Å². The molecule has 0 heterocycles. The van der Waals surface area contributed by atoms with E-state index in [2.05, 4.69) is 0 Å². The second-order valence-corrected chi connectivity index (χ2v) is 3.53. The molecular weight excluding hydrogens is 218 g/mol. The molecule has 1 rings (SSSR count). The molecule has 0 aromatic heterocycles. The minimum absolute atomic E-state index is 0.0544. The number of benzene rings is 1. The second-order valence-electron chi connectivity index (χ2n) is 2.68. The first-order chi connectivity index (χ1) is 7.04. The summed E-state index contributed by atoms with van der Waals surface area (Å²) in [5, 5.41) is 10.7. The van der Waals surface area contributed by atoms with E-state index in [4.69, 9.17) is 4.74 Å². The van der Waals surface area contributed by atoms with Crippen LogP contribution in [0.5, 0.6) is 5.75 Å². The molecule has 0 aliphatic carbocycles. The molecule has 0 aliphatic rings. The number of nitro groups is 1. The number of nitrogens with zero attached hydrogens (tertiary/aromatic N) is 1. The average molecular weight is 227 g/mol. The van der Waals surface area contributed by atoms with Gasteiger partial charge < -0.3 is 4.74 Å². The van der Waals surface area contributed by atoms with Gasteiger partial charge in [-0.15, -0.1) is 11.8 Å². The van der Waals surface area contributed by atoms with Crippen molar-refractivity contribution in [1.29, 1.82) is 0 Å². The van der Waals surface area contributed by atoms with E-state index in [1.807, 2.05) is 0 Å². The van der Waals surface area contributed by atoms with E-state index in [0.717, 1.165) is 0 Å². The molecule has 5 nitrogen and oxygen atoms in total. The van der Waals surface area contributed by atoms with E-state index < -0.39 is 10.9 Å². The molecule has 0 saturated carbocycles. The summed E-state index contributed by atoms with van der Waals surface area (Å²) >= 11 is 1.27. The minimum Gasteiger partial charge on any atom is -0.426 e. The Balaban J connectivity index is 3.10. The van der Waals surface area contributed by atoms with Crippen LogP contribution in [0.25, 0.3) is 0 Å². The van der Waals surface area contributed by atoms with Crippen LogP contribution in [-0.4, -0.2) is 17.1 Å². The Labute approximate surface area is 90.6 Å². The topological polar surface area (TPSA) is 69.4 Å². The zero-order chi connectivity index (χ0) is 11.4. The highest BCUT2D eigenvalue weighted by molar-refractivity contribution is 7.98. The predicted molar refractivity (Wildman–Crippen MR) is 56.2 cm³/mol. The Bertz CT molecular complexity index is 405. The molecule has 0 bridgehead atoms. The Morgan fingerprint density at radius 3 is 2.67 bits per heavy atom. The maximum atomic E-state index is 10.7. The van der Waals surface area contributed by atoms with Gasteiger partial charge in [0.05, 0.1) is 15.9 Å². The molecule has 0 N–H and O–H groups in total. The molecule has 0 fully saturated rings. The van der Waals surface area contributed by atoms with Crippen LogP contribution in [0.15, 0.2) is 23.1 Å². The maximum absolute atomic E-state index is 10.7. The number of hydrogen-bond acceptors (Lipinski definition) is 5. The summed E-state index contributed by atoms with van der Waals surface area (Å²) in [6.45, 7) is 1.24. The number of esters is 1. The normalized spacial score (nSPS) is 9.73. The third-order valence-electron chi connectivity index (χ3n) is 1.61. The zero-order valence-corrected chi connectivity index (χ0v) is 9.04. The Kier molecular flexibility index (Phi) is 3.68. The summed E-state index contributed by atoms with van der Waals surface area (Å²) in [4.78, 5) is 21.4. The van der Waals surface area contributed by atoms with Gasteiger partial charge in [0.25, 0.3) is 5.69 Å². The number of carbonyl (C=O) groups is 1. The Hall–Kier alpha value is -1.56. The third-order valence-corrected chi connectivity index (χ3v) is 2.39. The lowest BCUT2D eigenvalue weighted by Crippen LogP contribution is -2.02. The van der Waals surface area contributed by atoms with Gasteiger partial charge >= 0.3 is 5.97 Å². The number of thioether (sulfide) groups is 1. The standard InChI is InChI=1S/C9H9NO4S/c1-6(11)14-7-3-4-9(15-2)8(5-7)10(12)13/h3-5H,1-2H3. The molecule has 0 aliphatic heterocycles. The van der Waals surface area contributed by atoms with Crippen LogP contribution in [0, 0.1) is 10.1 Å². The van der Waals surface area contributed by atoms with E-state index >= 15 is 0 Å². The lowest BCUT2D eigenvalue weighted by molar-refractivity contribution is -0.387. The fourth-order valence-electron chi connectivity index (χ4n) is 1.04. The monoisotopic (exact) mass is 227 g/mol. The predicted octanol–water partition coefficient (Wildman–Crippen LogP) is 2.24. The van der Waals surface area contributed by atoms with Crippen molar-refractivity contribution in [2.75, 3.05) is 6.26 Å². The molecule has 0 atom stereocenters. The van der Waals surface area contributed by atoms with Crippen LogP contribution < -0.4 is 4.74 Å². The van der Waals surface area contributed by atoms with Crippen LogP contribution in [0.1, 0.15) is 6.92 Å². The fourth-order valence-corrected chi connectivity index (χ4v) is 1.59. The smallest absolute Gasteiger partial charge is 0.308 e. The van der Waals surface area contributed by atoms with Crippen LogP contribution in [0.3, 0.4) is 0 Å². The lowest BCUT2D eigenvalue weighted by Gasteiger charge is -2.03. The molecule has 0 radical (unpaired) electrons. The zero-order valence-electron chi connectivity index (χ0n) is 8.22. The third kappa shape index (κ3) is 2.95. The van der Waals surface area contributed by atoms with Crippen LogP contribution in [-0.2, 0) is 4.79 Å². The summed E-state index contributed by atoms with van der Waals surface area (Å²) < 4.78 is 4.75. The number of ether oxygens (including phenoxy) is 1. The summed E-state index contributed by atoms with van der Waals surface area (Å²) in [6.07, 6.45) is 1.74. The highest BCUT2D eigenvalue weighted by atomic mass is 32.2. The van der Waals surface area contributed by atoms with Crippen molar-refractivity contribution in [3.8, 4) is 5.75 Å². The molecular formula is C9H9NO4S. The Morgan fingerprint density at radius 2 is 2.20 bits per heavy atom. The molecule has 80 valence electrons. The summed E-state index contributed by atoms with van der Waals surface area (Å²) in [6, 6.07) is 4.33. The number of carbonyl (C=O) groups excluding carboxylic acids is 1. The van der Waals surface area contributed by atoms with Crippen molar-refractivity contribution in [2.24, 2.45) is 0 Å². The molecule has 0 saturated heterocycles. The minimum atomic E-state index is -0.501. The van der Waals surface area contributed by atoms with E-state index in [1.54, 1.807) is 12.3 Å². The van der Waals surface area contributed by atoms with Gasteiger partial charge in [0.15, 0.2) is 0 Å². The van der Waals surface area contributed by atoms with Gasteiger partial charge in [0.1, 0.15) is 5.75 Å². The quantitative estimate of drug-likeness (QED) is 0.260. The van der Waals surface area contributed by atoms with Gasteiger partial charge in [0.2, 0.25) is 0 Å². The van der Waals surface area contributed by atoms with Crippen molar-refractivity contribution in [3.05, 3.63) is 28.3 Å². The average Bonchev–Trinajstić information content (AvgIpc) is 2.16. The molecule has 1 aromatic rings. The van der Waals surface area contributed by atoms with E-state index in [-0.39, 0.29) is 11.4 Å². The molecule has 1 aromatic carbocycles. The van der Waals surface area contributed by atoms with Gasteiger partial charge in [-0.1, -0.05) is 0 Å². The maximum Gasteiger partial charge on any atom is 0.308 e. The largest absolute Gasteiger partial charge is 0.426 e. The summed E-state index contributed by atoms with van der Waals surface area (Å²) in [5.41, 5.74) is -0.0544. The van der Waals surface area contributed by atoms with Crippen molar-refractivity contribution in [2.45, 2.75) is 11.8 Å². The number of hydrogen-bond donors (Lipinski definition) is 0. The van der Waals surface area contributed by atoms with E-state index in [1.165, 1.54) is 30.8 Å². The Morgan fingerprint density at radius 1 is 1.53 bits per heavy atom. The molecule has 6 heteroatoms. The van der Waals surface area contributed by atoms with E-state index in [0.29, 0.717) is 4.90 Å². The van der Waals surface area contributed by atoms with Crippen molar-refractivity contribution in [1.82, 2.24) is 0 Å². The van der Waals surface area contributed by atoms with Gasteiger partial charge in [-0.2, -0.15) is 0 Å². The van der Waals surface area contributed by atoms with Gasteiger partial charge in [0, 0.05) is 6.92 Å². The van der Waals surface area contributed by atoms with Crippen molar-refractivity contribution in [3.63, 3.8) is 0 Å².